The normalized spacial score (nSPS) is 14.3. The predicted molar refractivity (Wildman–Crippen MR) is 77.8 cm³/mol. The van der Waals surface area contributed by atoms with Gasteiger partial charge in [-0.2, -0.15) is 0 Å². The van der Waals surface area contributed by atoms with Crippen LogP contribution in [0, 0.1) is 5.82 Å². The molecule has 0 fully saturated rings. The van der Waals surface area contributed by atoms with E-state index in [1.165, 1.54) is 17.0 Å². The highest BCUT2D eigenvalue weighted by Crippen LogP contribution is 2.31. The van der Waals surface area contributed by atoms with Crippen molar-refractivity contribution in [1.82, 2.24) is 5.32 Å². The first-order valence-corrected chi connectivity index (χ1v) is 7.14. The number of hydrogen-bond donors (Lipinski definition) is 2. The molecular formula is C15H18FNOS. The zero-order valence-electron chi connectivity index (χ0n) is 11.1. The molecule has 4 heteroatoms. The lowest BCUT2D eigenvalue weighted by Gasteiger charge is -2.16. The van der Waals surface area contributed by atoms with E-state index in [0.717, 1.165) is 10.4 Å². The van der Waals surface area contributed by atoms with Crippen molar-refractivity contribution in [2.24, 2.45) is 0 Å². The maximum Gasteiger partial charge on any atom is 0.123 e. The standard InChI is InChI=1S/C15H18FNOS/c1-10(9-18)17-11(2)14-7-8-15(19-14)12-3-5-13(16)6-4-12/h3-8,10-11,17-18H,9H2,1-2H3/t10-,11?/m1/s1. The predicted octanol–water partition coefficient (Wildman–Crippen LogP) is 3.59. The summed E-state index contributed by atoms with van der Waals surface area (Å²) >= 11 is 1.69. The topological polar surface area (TPSA) is 32.3 Å². The largest absolute Gasteiger partial charge is 0.395 e. The number of hydrogen-bond acceptors (Lipinski definition) is 3. The van der Waals surface area contributed by atoms with Crippen LogP contribution >= 0.6 is 11.3 Å². The Morgan fingerprint density at radius 3 is 2.47 bits per heavy atom. The fraction of sp³-hybridized carbons (Fsp3) is 0.333. The lowest BCUT2D eigenvalue weighted by Crippen LogP contribution is -2.31. The summed E-state index contributed by atoms with van der Waals surface area (Å²) in [4.78, 5) is 2.33. The fourth-order valence-electron chi connectivity index (χ4n) is 1.92. The SMILES string of the molecule is CC(N[C@H](C)CO)c1ccc(-c2ccc(F)cc2)s1. The molecule has 0 saturated heterocycles. The Kier molecular flexibility index (Phi) is 4.69. The van der Waals surface area contributed by atoms with Crippen LogP contribution in [0.4, 0.5) is 4.39 Å². The van der Waals surface area contributed by atoms with Gasteiger partial charge in [0.25, 0.3) is 0 Å². The molecule has 0 aliphatic heterocycles. The van der Waals surface area contributed by atoms with E-state index >= 15 is 0 Å². The van der Waals surface area contributed by atoms with Gasteiger partial charge in [-0.3, -0.25) is 0 Å². The molecule has 2 atom stereocenters. The van der Waals surface area contributed by atoms with Crippen molar-refractivity contribution in [3.63, 3.8) is 0 Å². The lowest BCUT2D eigenvalue weighted by molar-refractivity contribution is 0.243. The second-order valence-corrected chi connectivity index (χ2v) is 5.80. The van der Waals surface area contributed by atoms with E-state index in [2.05, 4.69) is 24.4 Å². The minimum absolute atomic E-state index is 0.0753. The second kappa shape index (κ2) is 6.28. The number of benzene rings is 1. The van der Waals surface area contributed by atoms with Crippen LogP contribution in [0.2, 0.25) is 0 Å². The van der Waals surface area contributed by atoms with E-state index < -0.39 is 0 Å². The quantitative estimate of drug-likeness (QED) is 0.876. The Morgan fingerprint density at radius 1 is 1.16 bits per heavy atom. The van der Waals surface area contributed by atoms with Crippen LogP contribution in [-0.4, -0.2) is 17.8 Å². The van der Waals surface area contributed by atoms with Crippen molar-refractivity contribution in [1.29, 1.82) is 0 Å². The van der Waals surface area contributed by atoms with Crippen LogP contribution in [0.5, 0.6) is 0 Å². The van der Waals surface area contributed by atoms with Gasteiger partial charge >= 0.3 is 0 Å². The molecule has 2 N–H and O–H groups in total. The third-order valence-corrected chi connectivity index (χ3v) is 4.31. The van der Waals surface area contributed by atoms with Gasteiger partial charge < -0.3 is 10.4 Å². The van der Waals surface area contributed by atoms with E-state index in [1.54, 1.807) is 23.5 Å². The maximum atomic E-state index is 12.9. The van der Waals surface area contributed by atoms with Crippen LogP contribution in [0.3, 0.4) is 0 Å². The summed E-state index contributed by atoms with van der Waals surface area (Å²) < 4.78 is 12.9. The molecule has 1 unspecified atom stereocenters. The van der Waals surface area contributed by atoms with E-state index in [0.29, 0.717) is 0 Å². The highest BCUT2D eigenvalue weighted by atomic mass is 32.1. The minimum atomic E-state index is -0.215. The molecule has 0 radical (unpaired) electrons. The Balaban J connectivity index is 2.12. The average molecular weight is 279 g/mol. The molecule has 2 nitrogen and oxygen atoms in total. The van der Waals surface area contributed by atoms with Gasteiger partial charge in [0.1, 0.15) is 5.82 Å². The molecular weight excluding hydrogens is 261 g/mol. The molecule has 102 valence electrons. The van der Waals surface area contributed by atoms with E-state index in [4.69, 9.17) is 5.11 Å². The van der Waals surface area contributed by atoms with Crippen molar-refractivity contribution >= 4 is 11.3 Å². The zero-order valence-corrected chi connectivity index (χ0v) is 11.9. The summed E-state index contributed by atoms with van der Waals surface area (Å²) in [6.07, 6.45) is 0. The Labute approximate surface area is 116 Å². The first kappa shape index (κ1) is 14.2. The van der Waals surface area contributed by atoms with Gasteiger partial charge in [0.05, 0.1) is 6.61 Å². The van der Waals surface area contributed by atoms with E-state index in [9.17, 15) is 4.39 Å². The second-order valence-electron chi connectivity index (χ2n) is 4.68. The first-order valence-electron chi connectivity index (χ1n) is 6.32. The van der Waals surface area contributed by atoms with E-state index in [1.807, 2.05) is 6.92 Å². The third-order valence-electron chi connectivity index (χ3n) is 2.99. The molecule has 0 aliphatic carbocycles. The lowest BCUT2D eigenvalue weighted by atomic mass is 10.2. The third kappa shape index (κ3) is 3.62. The summed E-state index contributed by atoms with van der Waals surface area (Å²) in [5.41, 5.74) is 1.03. The van der Waals surface area contributed by atoms with Gasteiger partial charge in [-0.15, -0.1) is 11.3 Å². The molecule has 2 rings (SSSR count). The Morgan fingerprint density at radius 2 is 1.84 bits per heavy atom. The smallest absolute Gasteiger partial charge is 0.123 e. The number of rotatable bonds is 5. The van der Waals surface area contributed by atoms with Gasteiger partial charge in [-0.1, -0.05) is 12.1 Å². The van der Waals surface area contributed by atoms with Gasteiger partial charge in [-0.25, -0.2) is 4.39 Å². The number of thiophene rings is 1. The highest BCUT2D eigenvalue weighted by Gasteiger charge is 2.11. The molecule has 2 aromatic rings. The number of aliphatic hydroxyl groups is 1. The fourth-order valence-corrected chi connectivity index (χ4v) is 2.94. The van der Waals surface area contributed by atoms with Crippen LogP contribution in [0.15, 0.2) is 36.4 Å². The molecule has 1 aromatic heterocycles. The molecule has 0 aliphatic rings. The van der Waals surface area contributed by atoms with Crippen LogP contribution < -0.4 is 5.32 Å². The minimum Gasteiger partial charge on any atom is -0.395 e. The number of nitrogens with one attached hydrogen (secondary N) is 1. The van der Waals surface area contributed by atoms with Crippen molar-refractivity contribution < 1.29 is 9.50 Å². The zero-order chi connectivity index (χ0) is 13.8. The summed E-state index contributed by atoms with van der Waals surface area (Å²) in [5, 5.41) is 12.4. The number of halogens is 1. The van der Waals surface area contributed by atoms with Crippen molar-refractivity contribution in [2.45, 2.75) is 25.9 Å². The van der Waals surface area contributed by atoms with Gasteiger partial charge in [-0.05, 0) is 43.7 Å². The molecule has 0 saturated carbocycles. The molecule has 1 aromatic carbocycles. The monoisotopic (exact) mass is 279 g/mol. The summed E-state index contributed by atoms with van der Waals surface area (Å²) in [6.45, 7) is 4.15. The molecule has 0 bridgehead atoms. The Hall–Kier alpha value is -1.23. The van der Waals surface area contributed by atoms with Gasteiger partial charge in [0.2, 0.25) is 0 Å². The van der Waals surface area contributed by atoms with Crippen LogP contribution in [0.25, 0.3) is 10.4 Å². The molecule has 0 amide bonds. The summed E-state index contributed by atoms with van der Waals surface area (Å²) in [5.74, 6) is -0.215. The molecule has 1 heterocycles. The van der Waals surface area contributed by atoms with Crippen molar-refractivity contribution in [2.75, 3.05) is 6.61 Å². The number of aliphatic hydroxyl groups excluding tert-OH is 1. The van der Waals surface area contributed by atoms with Crippen LogP contribution in [-0.2, 0) is 0 Å². The molecule has 19 heavy (non-hydrogen) atoms. The Bertz CT molecular complexity index is 523. The average Bonchev–Trinajstić information content (AvgIpc) is 2.89. The maximum absolute atomic E-state index is 12.9. The van der Waals surface area contributed by atoms with Gasteiger partial charge in [0, 0.05) is 21.8 Å². The van der Waals surface area contributed by atoms with Crippen molar-refractivity contribution in [3.05, 3.63) is 47.1 Å². The summed E-state index contributed by atoms with van der Waals surface area (Å²) in [7, 11) is 0. The first-order chi connectivity index (χ1) is 9.10. The van der Waals surface area contributed by atoms with Crippen LogP contribution in [0.1, 0.15) is 24.8 Å². The van der Waals surface area contributed by atoms with Crippen molar-refractivity contribution in [3.8, 4) is 10.4 Å². The summed E-state index contributed by atoms with van der Waals surface area (Å²) in [6, 6.07) is 10.9. The van der Waals surface area contributed by atoms with Gasteiger partial charge in [0.15, 0.2) is 0 Å². The van der Waals surface area contributed by atoms with E-state index in [-0.39, 0.29) is 24.5 Å². The highest BCUT2D eigenvalue weighted by molar-refractivity contribution is 7.15. The molecule has 0 spiro atoms.